The highest BCUT2D eigenvalue weighted by atomic mass is 35.5. The molecule has 1 aliphatic rings. The van der Waals surface area contributed by atoms with E-state index in [4.69, 9.17) is 11.6 Å². The van der Waals surface area contributed by atoms with Crippen molar-refractivity contribution in [3.05, 3.63) is 28.8 Å². The van der Waals surface area contributed by atoms with Gasteiger partial charge in [0.1, 0.15) is 0 Å². The van der Waals surface area contributed by atoms with E-state index < -0.39 is 0 Å². The predicted molar refractivity (Wildman–Crippen MR) is 75.2 cm³/mol. The standard InChI is InChI=1S/C14H21ClN2/c1-14(2,3)12-5-4-11(15)10-13(12)17-8-6-16-7-9-17/h4-5,10,16H,6-9H2,1-3H3. The first-order chi connectivity index (χ1) is 7.98. The molecule has 0 amide bonds. The van der Waals surface area contributed by atoms with Gasteiger partial charge in [-0.3, -0.25) is 0 Å². The van der Waals surface area contributed by atoms with Gasteiger partial charge in [-0.15, -0.1) is 0 Å². The van der Waals surface area contributed by atoms with E-state index in [1.807, 2.05) is 6.07 Å². The molecule has 1 aliphatic heterocycles. The van der Waals surface area contributed by atoms with Gasteiger partial charge in [-0.2, -0.15) is 0 Å². The van der Waals surface area contributed by atoms with Gasteiger partial charge in [-0.1, -0.05) is 38.4 Å². The van der Waals surface area contributed by atoms with E-state index in [0.29, 0.717) is 0 Å². The smallest absolute Gasteiger partial charge is 0.0426 e. The van der Waals surface area contributed by atoms with Gasteiger partial charge in [-0.05, 0) is 23.1 Å². The van der Waals surface area contributed by atoms with Crippen LogP contribution < -0.4 is 10.2 Å². The molecule has 1 fully saturated rings. The van der Waals surface area contributed by atoms with E-state index in [1.54, 1.807) is 0 Å². The summed E-state index contributed by atoms with van der Waals surface area (Å²) in [5.41, 5.74) is 2.83. The Kier molecular flexibility index (Phi) is 3.64. The molecule has 1 saturated heterocycles. The molecule has 1 heterocycles. The maximum Gasteiger partial charge on any atom is 0.0426 e. The van der Waals surface area contributed by atoms with Crippen molar-refractivity contribution in [1.82, 2.24) is 5.32 Å². The zero-order chi connectivity index (χ0) is 12.5. The van der Waals surface area contributed by atoms with Crippen molar-refractivity contribution in [1.29, 1.82) is 0 Å². The summed E-state index contributed by atoms with van der Waals surface area (Å²) in [5, 5.41) is 4.21. The molecule has 2 nitrogen and oxygen atoms in total. The number of anilines is 1. The van der Waals surface area contributed by atoms with E-state index in [9.17, 15) is 0 Å². The average molecular weight is 253 g/mol. The zero-order valence-electron chi connectivity index (χ0n) is 10.9. The number of hydrogen-bond acceptors (Lipinski definition) is 2. The highest BCUT2D eigenvalue weighted by Crippen LogP contribution is 2.34. The van der Waals surface area contributed by atoms with Crippen molar-refractivity contribution < 1.29 is 0 Å². The Balaban J connectivity index is 2.39. The van der Waals surface area contributed by atoms with Gasteiger partial charge in [0, 0.05) is 36.9 Å². The summed E-state index contributed by atoms with van der Waals surface area (Å²) in [4.78, 5) is 2.43. The molecule has 0 radical (unpaired) electrons. The summed E-state index contributed by atoms with van der Waals surface area (Å²) in [6.07, 6.45) is 0. The monoisotopic (exact) mass is 252 g/mol. The van der Waals surface area contributed by atoms with Crippen LogP contribution >= 0.6 is 11.6 Å². The summed E-state index contributed by atoms with van der Waals surface area (Å²) in [6, 6.07) is 6.26. The van der Waals surface area contributed by atoms with Crippen molar-refractivity contribution in [2.24, 2.45) is 0 Å². The first kappa shape index (κ1) is 12.7. The number of hydrogen-bond donors (Lipinski definition) is 1. The number of rotatable bonds is 1. The number of nitrogens with zero attached hydrogens (tertiary/aromatic N) is 1. The van der Waals surface area contributed by atoms with Gasteiger partial charge in [0.15, 0.2) is 0 Å². The molecular formula is C14H21ClN2. The van der Waals surface area contributed by atoms with E-state index in [-0.39, 0.29) is 5.41 Å². The molecule has 17 heavy (non-hydrogen) atoms. The highest BCUT2D eigenvalue weighted by Gasteiger charge is 2.22. The van der Waals surface area contributed by atoms with E-state index in [0.717, 1.165) is 31.2 Å². The summed E-state index contributed by atoms with van der Waals surface area (Å²) in [5.74, 6) is 0. The van der Waals surface area contributed by atoms with Crippen LogP contribution in [0.4, 0.5) is 5.69 Å². The second-order valence-electron chi connectivity index (χ2n) is 5.65. The van der Waals surface area contributed by atoms with Crippen LogP contribution in [0.2, 0.25) is 5.02 Å². The van der Waals surface area contributed by atoms with Crippen molar-refractivity contribution in [2.75, 3.05) is 31.1 Å². The van der Waals surface area contributed by atoms with Gasteiger partial charge in [0.05, 0.1) is 0 Å². The van der Waals surface area contributed by atoms with Crippen LogP contribution in [0.5, 0.6) is 0 Å². The Hall–Kier alpha value is -0.730. The molecular weight excluding hydrogens is 232 g/mol. The van der Waals surface area contributed by atoms with Gasteiger partial charge in [-0.25, -0.2) is 0 Å². The normalized spacial score (nSPS) is 17.3. The Morgan fingerprint density at radius 2 is 1.82 bits per heavy atom. The highest BCUT2D eigenvalue weighted by molar-refractivity contribution is 6.30. The molecule has 0 saturated carbocycles. The molecule has 2 rings (SSSR count). The number of benzene rings is 1. The molecule has 1 aromatic rings. The second kappa shape index (κ2) is 4.87. The molecule has 94 valence electrons. The summed E-state index contributed by atoms with van der Waals surface area (Å²) in [7, 11) is 0. The Bertz CT molecular complexity index is 390. The van der Waals surface area contributed by atoms with Crippen LogP contribution in [-0.2, 0) is 5.41 Å². The fraction of sp³-hybridized carbons (Fsp3) is 0.571. The number of piperazine rings is 1. The quantitative estimate of drug-likeness (QED) is 0.827. The van der Waals surface area contributed by atoms with Crippen LogP contribution in [0.1, 0.15) is 26.3 Å². The first-order valence-corrected chi connectivity index (χ1v) is 6.62. The van der Waals surface area contributed by atoms with Gasteiger partial charge >= 0.3 is 0 Å². The Morgan fingerprint density at radius 1 is 1.18 bits per heavy atom. The number of halogens is 1. The minimum atomic E-state index is 0.158. The summed E-state index contributed by atoms with van der Waals surface area (Å²) < 4.78 is 0. The molecule has 0 aliphatic carbocycles. The molecule has 0 aromatic heterocycles. The maximum absolute atomic E-state index is 6.14. The van der Waals surface area contributed by atoms with Crippen molar-refractivity contribution in [3.63, 3.8) is 0 Å². The lowest BCUT2D eigenvalue weighted by atomic mass is 9.85. The second-order valence-corrected chi connectivity index (χ2v) is 6.08. The predicted octanol–water partition coefficient (Wildman–Crippen LogP) is 3.05. The van der Waals surface area contributed by atoms with E-state index in [1.165, 1.54) is 11.3 Å². The topological polar surface area (TPSA) is 15.3 Å². The Morgan fingerprint density at radius 3 is 2.41 bits per heavy atom. The first-order valence-electron chi connectivity index (χ1n) is 6.24. The molecule has 0 unspecified atom stereocenters. The fourth-order valence-corrected chi connectivity index (χ4v) is 2.47. The molecule has 0 bridgehead atoms. The fourth-order valence-electron chi connectivity index (χ4n) is 2.31. The van der Waals surface area contributed by atoms with Crippen LogP contribution in [0.3, 0.4) is 0 Å². The SMILES string of the molecule is CC(C)(C)c1ccc(Cl)cc1N1CCNCC1. The van der Waals surface area contributed by atoms with Crippen LogP contribution in [0.15, 0.2) is 18.2 Å². The van der Waals surface area contributed by atoms with Crippen molar-refractivity contribution in [3.8, 4) is 0 Å². The van der Waals surface area contributed by atoms with Crippen LogP contribution in [0.25, 0.3) is 0 Å². The van der Waals surface area contributed by atoms with Crippen molar-refractivity contribution >= 4 is 17.3 Å². The minimum absolute atomic E-state index is 0.158. The van der Waals surface area contributed by atoms with Crippen LogP contribution in [-0.4, -0.2) is 26.2 Å². The third-order valence-electron chi connectivity index (χ3n) is 3.23. The molecule has 1 aromatic carbocycles. The summed E-state index contributed by atoms with van der Waals surface area (Å²) in [6.45, 7) is 11.0. The molecule has 0 spiro atoms. The average Bonchev–Trinajstić information content (AvgIpc) is 2.28. The molecule has 0 atom stereocenters. The van der Waals surface area contributed by atoms with E-state index >= 15 is 0 Å². The van der Waals surface area contributed by atoms with Gasteiger partial charge < -0.3 is 10.2 Å². The van der Waals surface area contributed by atoms with Crippen LogP contribution in [0, 0.1) is 0 Å². The lowest BCUT2D eigenvalue weighted by molar-refractivity contribution is 0.563. The summed E-state index contributed by atoms with van der Waals surface area (Å²) >= 11 is 6.14. The van der Waals surface area contributed by atoms with Gasteiger partial charge in [0.2, 0.25) is 0 Å². The maximum atomic E-state index is 6.14. The van der Waals surface area contributed by atoms with Crippen molar-refractivity contribution in [2.45, 2.75) is 26.2 Å². The van der Waals surface area contributed by atoms with E-state index in [2.05, 4.69) is 43.1 Å². The third kappa shape index (κ3) is 2.93. The lowest BCUT2D eigenvalue weighted by Crippen LogP contribution is -2.44. The Labute approximate surface area is 109 Å². The molecule has 3 heteroatoms. The van der Waals surface area contributed by atoms with Gasteiger partial charge in [0.25, 0.3) is 0 Å². The largest absolute Gasteiger partial charge is 0.369 e. The minimum Gasteiger partial charge on any atom is -0.369 e. The number of nitrogens with one attached hydrogen (secondary N) is 1. The lowest BCUT2D eigenvalue weighted by Gasteiger charge is -2.34. The zero-order valence-corrected chi connectivity index (χ0v) is 11.6. The third-order valence-corrected chi connectivity index (χ3v) is 3.46. The molecule has 1 N–H and O–H groups in total.